The normalized spacial score (nSPS) is 17.4. The van der Waals surface area contributed by atoms with Crippen LogP contribution in [0.25, 0.3) is 0 Å². The Morgan fingerprint density at radius 2 is 1.62 bits per heavy atom. The smallest absolute Gasteiger partial charge is 0.163 e. The predicted octanol–water partition coefficient (Wildman–Crippen LogP) is 4.70. The van der Waals surface area contributed by atoms with Gasteiger partial charge in [0.2, 0.25) is 0 Å². The van der Waals surface area contributed by atoms with E-state index >= 15 is 0 Å². The van der Waals surface area contributed by atoms with Crippen molar-refractivity contribution >= 4 is 30.6 Å². The first-order chi connectivity index (χ1) is 13.3. The fourth-order valence-corrected chi connectivity index (χ4v) is 4.41. The van der Waals surface area contributed by atoms with Gasteiger partial charge in [0.1, 0.15) is 0 Å². The van der Waals surface area contributed by atoms with Crippen molar-refractivity contribution in [2.45, 2.75) is 38.6 Å². The molecule has 2 aliphatic rings. The summed E-state index contributed by atoms with van der Waals surface area (Å²) in [6.45, 7) is 5.27. The number of fused-ring (bicyclic) bond motifs is 1. The quantitative estimate of drug-likeness (QED) is 0.691. The molecule has 1 saturated heterocycles. The summed E-state index contributed by atoms with van der Waals surface area (Å²) in [5, 5.41) is 3.38. The van der Waals surface area contributed by atoms with E-state index in [0.29, 0.717) is 18.1 Å². The Morgan fingerprint density at radius 1 is 0.931 bits per heavy atom. The lowest BCUT2D eigenvalue weighted by Gasteiger charge is -2.22. The van der Waals surface area contributed by atoms with Crippen molar-refractivity contribution in [1.29, 1.82) is 0 Å². The van der Waals surface area contributed by atoms with Gasteiger partial charge in [0, 0.05) is 31.6 Å². The molecule has 0 spiro atoms. The Morgan fingerprint density at radius 3 is 2.34 bits per heavy atom. The average molecular weight is 435 g/mol. The third-order valence-corrected chi connectivity index (χ3v) is 6.10. The van der Waals surface area contributed by atoms with Gasteiger partial charge in [0.05, 0.1) is 0 Å². The standard InChI is InChI=1S/C24H30N2O.2ClH/c27-24(16-19-8-12-25-13-9-19)23-7-6-21-10-14-26(15-11-22(21)17-23)18-20-4-2-1-3-5-20;;/h1-7,17,19,25H,8-16,18H2;2*1H. The molecule has 5 heteroatoms. The second kappa shape index (κ2) is 11.7. The van der Waals surface area contributed by atoms with Crippen LogP contribution in [0.5, 0.6) is 0 Å². The maximum absolute atomic E-state index is 12.8. The number of benzene rings is 2. The number of hydrogen-bond acceptors (Lipinski definition) is 3. The molecule has 0 bridgehead atoms. The molecule has 158 valence electrons. The highest BCUT2D eigenvalue weighted by molar-refractivity contribution is 5.96. The van der Waals surface area contributed by atoms with Gasteiger partial charge in [-0.1, -0.05) is 42.5 Å². The highest BCUT2D eigenvalue weighted by Gasteiger charge is 2.20. The van der Waals surface area contributed by atoms with Gasteiger partial charge in [-0.25, -0.2) is 0 Å². The molecule has 0 unspecified atom stereocenters. The summed E-state index contributed by atoms with van der Waals surface area (Å²) in [5.41, 5.74) is 5.09. The van der Waals surface area contributed by atoms with Gasteiger partial charge in [0.25, 0.3) is 0 Å². The van der Waals surface area contributed by atoms with Crippen LogP contribution in [0.3, 0.4) is 0 Å². The number of hydrogen-bond donors (Lipinski definition) is 1. The molecule has 0 radical (unpaired) electrons. The molecule has 29 heavy (non-hydrogen) atoms. The average Bonchev–Trinajstić information content (AvgIpc) is 2.91. The van der Waals surface area contributed by atoms with Crippen molar-refractivity contribution in [3.8, 4) is 0 Å². The zero-order valence-corrected chi connectivity index (χ0v) is 18.6. The van der Waals surface area contributed by atoms with Crippen molar-refractivity contribution in [2.75, 3.05) is 26.2 Å². The van der Waals surface area contributed by atoms with E-state index in [-0.39, 0.29) is 24.8 Å². The minimum atomic E-state index is 0. The number of piperidine rings is 1. The Kier molecular flexibility index (Phi) is 9.64. The van der Waals surface area contributed by atoms with Crippen molar-refractivity contribution in [3.63, 3.8) is 0 Å². The number of rotatable bonds is 5. The minimum Gasteiger partial charge on any atom is -0.317 e. The van der Waals surface area contributed by atoms with Crippen molar-refractivity contribution < 1.29 is 4.79 Å². The lowest BCUT2D eigenvalue weighted by atomic mass is 9.89. The molecule has 0 aliphatic carbocycles. The maximum Gasteiger partial charge on any atom is 0.163 e. The molecule has 2 aliphatic heterocycles. The fraction of sp³-hybridized carbons (Fsp3) is 0.458. The molecule has 0 aromatic heterocycles. The number of nitrogens with zero attached hydrogens (tertiary/aromatic N) is 1. The van der Waals surface area contributed by atoms with E-state index in [1.54, 1.807) is 0 Å². The first-order valence-corrected chi connectivity index (χ1v) is 10.4. The minimum absolute atomic E-state index is 0. The van der Waals surface area contributed by atoms with E-state index in [9.17, 15) is 4.79 Å². The second-order valence-corrected chi connectivity index (χ2v) is 8.07. The van der Waals surface area contributed by atoms with E-state index in [4.69, 9.17) is 0 Å². The summed E-state index contributed by atoms with van der Waals surface area (Å²) in [6, 6.07) is 17.2. The van der Waals surface area contributed by atoms with Gasteiger partial charge in [-0.05, 0) is 67.4 Å². The summed E-state index contributed by atoms with van der Waals surface area (Å²) < 4.78 is 0. The largest absolute Gasteiger partial charge is 0.317 e. The number of carbonyl (C=O) groups excluding carboxylic acids is 1. The topological polar surface area (TPSA) is 32.3 Å². The van der Waals surface area contributed by atoms with Crippen molar-refractivity contribution in [3.05, 3.63) is 70.8 Å². The molecule has 3 nitrogen and oxygen atoms in total. The number of ketones is 1. The molecule has 2 heterocycles. The number of halogens is 2. The summed E-state index contributed by atoms with van der Waals surface area (Å²) >= 11 is 0. The van der Waals surface area contributed by atoms with Crippen LogP contribution in [0.15, 0.2) is 48.5 Å². The van der Waals surface area contributed by atoms with E-state index in [2.05, 4.69) is 58.7 Å². The van der Waals surface area contributed by atoms with Crippen LogP contribution in [-0.4, -0.2) is 36.9 Å². The van der Waals surface area contributed by atoms with Crippen molar-refractivity contribution in [1.82, 2.24) is 10.2 Å². The van der Waals surface area contributed by atoms with E-state index in [1.807, 2.05) is 0 Å². The maximum atomic E-state index is 12.8. The van der Waals surface area contributed by atoms with Gasteiger partial charge in [-0.2, -0.15) is 0 Å². The zero-order valence-electron chi connectivity index (χ0n) is 16.9. The molecule has 0 saturated carbocycles. The zero-order chi connectivity index (χ0) is 18.5. The number of carbonyl (C=O) groups is 1. The Balaban J connectivity index is 0.00000150. The Labute approximate surface area is 187 Å². The van der Waals surface area contributed by atoms with E-state index in [1.165, 1.54) is 16.7 Å². The fourth-order valence-electron chi connectivity index (χ4n) is 4.41. The number of Topliss-reactive ketones (excluding diaryl/α,β-unsaturated/α-hetero) is 1. The Bertz CT molecular complexity index is 776. The van der Waals surface area contributed by atoms with Gasteiger partial charge in [0.15, 0.2) is 5.78 Å². The van der Waals surface area contributed by atoms with Gasteiger partial charge in [-0.3, -0.25) is 9.69 Å². The van der Waals surface area contributed by atoms with Crippen LogP contribution in [0.4, 0.5) is 0 Å². The van der Waals surface area contributed by atoms with Crippen LogP contribution in [0.1, 0.15) is 46.3 Å². The molecule has 4 rings (SSSR count). The summed E-state index contributed by atoms with van der Waals surface area (Å²) in [4.78, 5) is 15.3. The molecule has 2 aromatic carbocycles. The van der Waals surface area contributed by atoms with Crippen LogP contribution < -0.4 is 5.32 Å². The van der Waals surface area contributed by atoms with Crippen LogP contribution in [-0.2, 0) is 19.4 Å². The first-order valence-electron chi connectivity index (χ1n) is 10.4. The lowest BCUT2D eigenvalue weighted by Crippen LogP contribution is -2.28. The van der Waals surface area contributed by atoms with Gasteiger partial charge < -0.3 is 5.32 Å². The van der Waals surface area contributed by atoms with Gasteiger partial charge in [-0.15, -0.1) is 24.8 Å². The highest BCUT2D eigenvalue weighted by atomic mass is 35.5. The van der Waals surface area contributed by atoms with E-state index in [0.717, 1.165) is 64.0 Å². The third-order valence-electron chi connectivity index (χ3n) is 6.10. The van der Waals surface area contributed by atoms with Gasteiger partial charge >= 0.3 is 0 Å². The molecule has 1 fully saturated rings. The summed E-state index contributed by atoms with van der Waals surface area (Å²) in [6.07, 6.45) is 5.08. The SMILES string of the molecule is Cl.Cl.O=C(CC1CCNCC1)c1ccc2c(c1)CCN(Cc1ccccc1)CC2. The molecule has 0 amide bonds. The number of nitrogens with one attached hydrogen (secondary N) is 1. The second-order valence-electron chi connectivity index (χ2n) is 8.07. The summed E-state index contributed by atoms with van der Waals surface area (Å²) in [7, 11) is 0. The molecular formula is C24H32Cl2N2O. The predicted molar refractivity (Wildman–Crippen MR) is 125 cm³/mol. The lowest BCUT2D eigenvalue weighted by molar-refractivity contribution is 0.0952. The van der Waals surface area contributed by atoms with Crippen LogP contribution >= 0.6 is 24.8 Å². The molecule has 2 aromatic rings. The monoisotopic (exact) mass is 434 g/mol. The Hall–Kier alpha value is -1.39. The highest BCUT2D eigenvalue weighted by Crippen LogP contribution is 2.23. The third kappa shape index (κ3) is 6.55. The molecule has 0 atom stereocenters. The molecular weight excluding hydrogens is 403 g/mol. The van der Waals surface area contributed by atoms with Crippen LogP contribution in [0, 0.1) is 5.92 Å². The van der Waals surface area contributed by atoms with Crippen LogP contribution in [0.2, 0.25) is 0 Å². The first kappa shape index (κ1) is 23.9. The van der Waals surface area contributed by atoms with Crippen molar-refractivity contribution in [2.24, 2.45) is 5.92 Å². The molecule has 1 N–H and O–H groups in total. The van der Waals surface area contributed by atoms with E-state index < -0.39 is 0 Å². The summed E-state index contributed by atoms with van der Waals surface area (Å²) in [5.74, 6) is 0.883.